The zero-order valence-electron chi connectivity index (χ0n) is 16.1. The summed E-state index contributed by atoms with van der Waals surface area (Å²) in [6.07, 6.45) is 4.85. The predicted octanol–water partition coefficient (Wildman–Crippen LogP) is 2.29. The molecule has 0 bridgehead atoms. The van der Waals surface area contributed by atoms with E-state index in [0.717, 1.165) is 10.9 Å². The number of fused-ring (bicyclic) bond motifs is 1. The van der Waals surface area contributed by atoms with Crippen LogP contribution in [-0.2, 0) is 26.4 Å². The quantitative estimate of drug-likeness (QED) is 0.749. The van der Waals surface area contributed by atoms with Crippen LogP contribution in [0.5, 0.6) is 0 Å². The molecule has 1 aromatic carbocycles. The molecule has 144 valence electrons. The van der Waals surface area contributed by atoms with E-state index in [1.807, 2.05) is 12.2 Å². The van der Waals surface area contributed by atoms with Gasteiger partial charge in [0, 0.05) is 18.7 Å². The van der Waals surface area contributed by atoms with Gasteiger partial charge in [-0.3, -0.25) is 14.5 Å². The number of carbonyl (C=O) groups is 1. The van der Waals surface area contributed by atoms with Gasteiger partial charge >= 0.3 is 5.97 Å². The SMILES string of the molecule is Cn1nc(C2=NC(COC(=O)C(C)(C)C)C=C2)c2cc(S(C)(=O)=O)ccc21. The summed E-state index contributed by atoms with van der Waals surface area (Å²) in [6.45, 7) is 5.56. The predicted molar refractivity (Wildman–Crippen MR) is 104 cm³/mol. The van der Waals surface area contributed by atoms with Crippen molar-refractivity contribution in [1.29, 1.82) is 0 Å². The monoisotopic (exact) mass is 389 g/mol. The first-order valence-electron chi connectivity index (χ1n) is 8.57. The molecule has 1 atom stereocenters. The third-order valence-electron chi connectivity index (χ3n) is 4.27. The number of aliphatic imine (C=N–C) groups is 1. The van der Waals surface area contributed by atoms with Gasteiger partial charge in [0.05, 0.1) is 21.5 Å². The van der Waals surface area contributed by atoms with Crippen LogP contribution in [0.1, 0.15) is 26.5 Å². The van der Waals surface area contributed by atoms with Crippen molar-refractivity contribution in [3.05, 3.63) is 36.0 Å². The van der Waals surface area contributed by atoms with Crippen LogP contribution in [0.15, 0.2) is 40.2 Å². The zero-order chi connectivity index (χ0) is 20.0. The smallest absolute Gasteiger partial charge is 0.311 e. The number of sulfone groups is 1. The second-order valence-electron chi connectivity index (χ2n) is 7.71. The van der Waals surface area contributed by atoms with Crippen LogP contribution in [0.25, 0.3) is 10.9 Å². The normalized spacial score (nSPS) is 17.4. The molecule has 27 heavy (non-hydrogen) atoms. The fourth-order valence-corrected chi connectivity index (χ4v) is 3.39. The molecular weight excluding hydrogens is 366 g/mol. The molecule has 0 saturated heterocycles. The Balaban J connectivity index is 1.90. The van der Waals surface area contributed by atoms with Crippen LogP contribution in [0.2, 0.25) is 0 Å². The van der Waals surface area contributed by atoms with E-state index in [0.29, 0.717) is 11.4 Å². The molecule has 0 fully saturated rings. The highest BCUT2D eigenvalue weighted by molar-refractivity contribution is 7.90. The first-order valence-corrected chi connectivity index (χ1v) is 10.5. The molecule has 1 aromatic heterocycles. The van der Waals surface area contributed by atoms with E-state index in [9.17, 15) is 13.2 Å². The zero-order valence-corrected chi connectivity index (χ0v) is 16.9. The Morgan fingerprint density at radius 2 is 2.00 bits per heavy atom. The summed E-state index contributed by atoms with van der Waals surface area (Å²) in [5.41, 5.74) is 1.51. The van der Waals surface area contributed by atoms with Crippen LogP contribution in [0, 0.1) is 5.41 Å². The van der Waals surface area contributed by atoms with Gasteiger partial charge in [-0.1, -0.05) is 6.08 Å². The lowest BCUT2D eigenvalue weighted by Gasteiger charge is -2.17. The first-order chi connectivity index (χ1) is 12.5. The molecule has 3 rings (SSSR count). The summed E-state index contributed by atoms with van der Waals surface area (Å²) in [5.74, 6) is -0.277. The Kier molecular flexibility index (Phi) is 4.71. The number of allylic oxidation sites excluding steroid dienone is 1. The van der Waals surface area contributed by atoms with Crippen molar-refractivity contribution < 1.29 is 17.9 Å². The van der Waals surface area contributed by atoms with Crippen molar-refractivity contribution in [1.82, 2.24) is 9.78 Å². The summed E-state index contributed by atoms with van der Waals surface area (Å²) >= 11 is 0. The van der Waals surface area contributed by atoms with Crippen molar-refractivity contribution in [3.8, 4) is 0 Å². The van der Waals surface area contributed by atoms with Crippen molar-refractivity contribution in [2.24, 2.45) is 17.5 Å². The van der Waals surface area contributed by atoms with Gasteiger partial charge < -0.3 is 4.74 Å². The van der Waals surface area contributed by atoms with E-state index in [-0.39, 0.29) is 23.5 Å². The maximum atomic E-state index is 11.9. The largest absolute Gasteiger partial charge is 0.463 e. The summed E-state index contributed by atoms with van der Waals surface area (Å²) in [5, 5.41) is 5.21. The number of esters is 1. The number of benzene rings is 1. The second kappa shape index (κ2) is 6.60. The molecule has 0 spiro atoms. The summed E-state index contributed by atoms with van der Waals surface area (Å²) in [7, 11) is -1.52. The number of carbonyl (C=O) groups excluding carboxylic acids is 1. The number of ether oxygens (including phenoxy) is 1. The second-order valence-corrected chi connectivity index (χ2v) is 9.73. The summed E-state index contributed by atoms with van der Waals surface area (Å²) in [4.78, 5) is 16.7. The number of hydrogen-bond acceptors (Lipinski definition) is 6. The molecular formula is C19H23N3O4S. The van der Waals surface area contributed by atoms with E-state index in [4.69, 9.17) is 4.74 Å². The molecule has 2 heterocycles. The highest BCUT2D eigenvalue weighted by atomic mass is 32.2. The minimum Gasteiger partial charge on any atom is -0.463 e. The van der Waals surface area contributed by atoms with Gasteiger partial charge in [0.25, 0.3) is 0 Å². The lowest BCUT2D eigenvalue weighted by molar-refractivity contribution is -0.153. The summed E-state index contributed by atoms with van der Waals surface area (Å²) < 4.78 is 30.8. The molecule has 0 aliphatic carbocycles. The maximum absolute atomic E-state index is 11.9. The molecule has 0 N–H and O–H groups in total. The van der Waals surface area contributed by atoms with Gasteiger partial charge in [-0.25, -0.2) is 8.42 Å². The third-order valence-corrected chi connectivity index (χ3v) is 5.38. The maximum Gasteiger partial charge on any atom is 0.311 e. The summed E-state index contributed by atoms with van der Waals surface area (Å²) in [6, 6.07) is 4.66. The van der Waals surface area contributed by atoms with Crippen LogP contribution in [-0.4, -0.2) is 48.8 Å². The third kappa shape index (κ3) is 3.95. The fraction of sp³-hybridized carbons (Fsp3) is 0.421. The molecule has 1 aliphatic rings. The highest BCUT2D eigenvalue weighted by Gasteiger charge is 2.25. The Hall–Kier alpha value is -2.48. The molecule has 8 heteroatoms. The molecule has 2 aromatic rings. The van der Waals surface area contributed by atoms with Crippen molar-refractivity contribution in [3.63, 3.8) is 0 Å². The molecule has 0 amide bonds. The van der Waals surface area contributed by atoms with Crippen LogP contribution >= 0.6 is 0 Å². The Bertz CT molecular complexity index is 1070. The first kappa shape index (κ1) is 19.3. The minimum absolute atomic E-state index is 0.162. The average molecular weight is 389 g/mol. The number of hydrogen-bond donors (Lipinski definition) is 0. The lowest BCUT2D eigenvalue weighted by Crippen LogP contribution is -2.25. The Morgan fingerprint density at radius 1 is 1.30 bits per heavy atom. The number of aromatic nitrogens is 2. The van der Waals surface area contributed by atoms with Gasteiger partial charge in [0.15, 0.2) is 9.84 Å². The van der Waals surface area contributed by atoms with E-state index in [2.05, 4.69) is 10.1 Å². The van der Waals surface area contributed by atoms with Gasteiger partial charge in [-0.05, 0) is 45.0 Å². The molecule has 7 nitrogen and oxygen atoms in total. The topological polar surface area (TPSA) is 90.6 Å². The van der Waals surface area contributed by atoms with Crippen LogP contribution in [0.4, 0.5) is 0 Å². The van der Waals surface area contributed by atoms with Crippen LogP contribution < -0.4 is 0 Å². The lowest BCUT2D eigenvalue weighted by atomic mass is 9.97. The Morgan fingerprint density at radius 3 is 2.63 bits per heavy atom. The van der Waals surface area contributed by atoms with Gasteiger partial charge in [0.1, 0.15) is 18.3 Å². The van der Waals surface area contributed by atoms with Crippen LogP contribution in [0.3, 0.4) is 0 Å². The van der Waals surface area contributed by atoms with E-state index in [1.54, 1.807) is 50.7 Å². The van der Waals surface area contributed by atoms with E-state index < -0.39 is 15.3 Å². The average Bonchev–Trinajstić information content (AvgIpc) is 3.15. The van der Waals surface area contributed by atoms with Crippen molar-refractivity contribution in [2.75, 3.05) is 12.9 Å². The number of aryl methyl sites for hydroxylation is 1. The molecule has 1 unspecified atom stereocenters. The minimum atomic E-state index is -3.32. The standard InChI is InChI=1S/C19H23N3O4S/c1-19(2,3)18(23)26-11-12-6-8-15(20-12)17-14-10-13(27(5,24)25)7-9-16(14)22(4)21-17/h6-10,12H,11H2,1-5H3. The van der Waals surface area contributed by atoms with Crippen molar-refractivity contribution in [2.45, 2.75) is 31.7 Å². The van der Waals surface area contributed by atoms with Crippen molar-refractivity contribution >= 4 is 32.4 Å². The number of rotatable bonds is 4. The molecule has 1 aliphatic heterocycles. The van der Waals surface area contributed by atoms with Gasteiger partial charge in [0.2, 0.25) is 0 Å². The number of nitrogens with zero attached hydrogens (tertiary/aromatic N) is 3. The Labute approximate surface area is 158 Å². The molecule has 0 radical (unpaired) electrons. The highest BCUT2D eigenvalue weighted by Crippen LogP contribution is 2.25. The molecule has 0 saturated carbocycles. The van der Waals surface area contributed by atoms with Gasteiger partial charge in [-0.15, -0.1) is 0 Å². The van der Waals surface area contributed by atoms with E-state index in [1.165, 1.54) is 6.26 Å². The van der Waals surface area contributed by atoms with E-state index >= 15 is 0 Å². The van der Waals surface area contributed by atoms with Gasteiger partial charge in [-0.2, -0.15) is 5.10 Å². The fourth-order valence-electron chi connectivity index (χ4n) is 2.74.